The first-order valence-corrected chi connectivity index (χ1v) is 4.80. The largest absolute Gasteiger partial charge is 0.416 e. The van der Waals surface area contributed by atoms with E-state index in [9.17, 15) is 13.2 Å². The molecule has 1 aliphatic carbocycles. The minimum absolute atomic E-state index is 0.0565. The van der Waals surface area contributed by atoms with Gasteiger partial charge in [-0.1, -0.05) is 18.2 Å². The Kier molecular flexibility index (Phi) is 2.46. The molecule has 1 aliphatic rings. The lowest BCUT2D eigenvalue weighted by atomic mass is 10.1. The van der Waals surface area contributed by atoms with Crippen molar-refractivity contribution in [1.29, 1.82) is 0 Å². The van der Waals surface area contributed by atoms with Gasteiger partial charge in [0.1, 0.15) is 0 Å². The lowest BCUT2D eigenvalue weighted by molar-refractivity contribution is -0.137. The Bertz CT molecular complexity index is 359. The van der Waals surface area contributed by atoms with E-state index in [1.165, 1.54) is 12.1 Å². The first-order chi connectivity index (χ1) is 7.02. The second kappa shape index (κ2) is 3.52. The fourth-order valence-corrected chi connectivity index (χ4v) is 1.80. The molecule has 0 unspecified atom stereocenters. The summed E-state index contributed by atoms with van der Waals surface area (Å²) in [7, 11) is 0. The maximum atomic E-state index is 12.4. The van der Waals surface area contributed by atoms with Crippen LogP contribution in [0.3, 0.4) is 0 Å². The molecule has 2 rings (SSSR count). The number of hydrogen-bond donors (Lipinski definition) is 1. The molecule has 15 heavy (non-hydrogen) atoms. The quantitative estimate of drug-likeness (QED) is 0.805. The number of alkyl halides is 3. The van der Waals surface area contributed by atoms with Gasteiger partial charge in [0.2, 0.25) is 0 Å². The monoisotopic (exact) mass is 216 g/mol. The van der Waals surface area contributed by atoms with Gasteiger partial charge in [-0.25, -0.2) is 0 Å². The Balaban J connectivity index is 2.21. The molecule has 4 heteroatoms. The van der Waals surface area contributed by atoms with Crippen LogP contribution in [-0.2, 0) is 6.18 Å². The van der Waals surface area contributed by atoms with E-state index in [1.807, 2.05) is 0 Å². The van der Waals surface area contributed by atoms with Gasteiger partial charge in [-0.2, -0.15) is 13.2 Å². The molecule has 0 radical (unpaired) electrons. The van der Waals surface area contributed by atoms with Gasteiger partial charge in [0.25, 0.3) is 0 Å². The van der Waals surface area contributed by atoms with Crippen molar-refractivity contribution < 1.29 is 18.3 Å². The van der Waals surface area contributed by atoms with E-state index in [0.29, 0.717) is 5.56 Å². The van der Waals surface area contributed by atoms with Crippen LogP contribution in [0.1, 0.15) is 23.5 Å². The van der Waals surface area contributed by atoms with Crippen LogP contribution in [0.5, 0.6) is 0 Å². The van der Waals surface area contributed by atoms with E-state index < -0.39 is 11.7 Å². The van der Waals surface area contributed by atoms with Gasteiger partial charge in [0.15, 0.2) is 0 Å². The van der Waals surface area contributed by atoms with Crippen LogP contribution in [0.25, 0.3) is 0 Å². The molecule has 0 aromatic heterocycles. The van der Waals surface area contributed by atoms with Crippen LogP contribution in [-0.4, -0.2) is 11.7 Å². The second-order valence-corrected chi connectivity index (χ2v) is 3.91. The molecule has 0 aliphatic heterocycles. The molecule has 0 amide bonds. The Morgan fingerprint density at radius 1 is 1.33 bits per heavy atom. The third kappa shape index (κ3) is 2.15. The Morgan fingerprint density at radius 3 is 2.60 bits per heavy atom. The van der Waals surface area contributed by atoms with Crippen LogP contribution in [0.15, 0.2) is 24.3 Å². The van der Waals surface area contributed by atoms with Crippen molar-refractivity contribution in [3.05, 3.63) is 35.4 Å². The highest BCUT2D eigenvalue weighted by molar-refractivity contribution is 5.31. The normalized spacial score (nSPS) is 25.3. The summed E-state index contributed by atoms with van der Waals surface area (Å²) in [5.74, 6) is 0.255. The van der Waals surface area contributed by atoms with E-state index in [1.54, 1.807) is 6.07 Å². The van der Waals surface area contributed by atoms with Crippen molar-refractivity contribution in [3.63, 3.8) is 0 Å². The van der Waals surface area contributed by atoms with E-state index in [-0.39, 0.29) is 18.4 Å². The second-order valence-electron chi connectivity index (χ2n) is 3.91. The SMILES string of the molecule is OC[C@H]1C[C@H]1c1cccc(C(F)(F)F)c1. The number of benzene rings is 1. The molecule has 0 bridgehead atoms. The molecule has 82 valence electrons. The molecule has 0 spiro atoms. The average molecular weight is 216 g/mol. The maximum Gasteiger partial charge on any atom is 0.416 e. The third-order valence-corrected chi connectivity index (χ3v) is 2.80. The van der Waals surface area contributed by atoms with E-state index in [2.05, 4.69) is 0 Å². The number of rotatable bonds is 2. The summed E-state index contributed by atoms with van der Waals surface area (Å²) >= 11 is 0. The van der Waals surface area contributed by atoms with Crippen molar-refractivity contribution in [3.8, 4) is 0 Å². The summed E-state index contributed by atoms with van der Waals surface area (Å²) in [6.45, 7) is 0.0565. The first kappa shape index (κ1) is 10.5. The van der Waals surface area contributed by atoms with E-state index >= 15 is 0 Å². The predicted octanol–water partition coefficient (Wildman–Crippen LogP) is 2.80. The van der Waals surface area contributed by atoms with Crippen LogP contribution < -0.4 is 0 Å². The van der Waals surface area contributed by atoms with Crippen molar-refractivity contribution in [2.24, 2.45) is 5.92 Å². The zero-order valence-electron chi connectivity index (χ0n) is 7.96. The standard InChI is InChI=1S/C11H11F3O/c12-11(13,14)9-3-1-2-7(4-9)10-5-8(10)6-15/h1-4,8,10,15H,5-6H2/t8-,10+/m1/s1. The zero-order chi connectivity index (χ0) is 11.1. The topological polar surface area (TPSA) is 20.2 Å². The van der Waals surface area contributed by atoms with E-state index in [0.717, 1.165) is 12.5 Å². The van der Waals surface area contributed by atoms with Crippen molar-refractivity contribution in [2.75, 3.05) is 6.61 Å². The van der Waals surface area contributed by atoms with Crippen LogP contribution >= 0.6 is 0 Å². The highest BCUT2D eigenvalue weighted by Gasteiger charge is 2.39. The molecule has 2 atom stereocenters. The van der Waals surface area contributed by atoms with Crippen LogP contribution in [0.4, 0.5) is 13.2 Å². The van der Waals surface area contributed by atoms with Crippen molar-refractivity contribution in [1.82, 2.24) is 0 Å². The molecule has 1 saturated carbocycles. The molecule has 1 aromatic carbocycles. The lowest BCUT2D eigenvalue weighted by Crippen LogP contribution is -2.05. The van der Waals surface area contributed by atoms with Gasteiger partial charge >= 0.3 is 6.18 Å². The number of halogens is 3. The third-order valence-electron chi connectivity index (χ3n) is 2.80. The fourth-order valence-electron chi connectivity index (χ4n) is 1.80. The first-order valence-electron chi connectivity index (χ1n) is 4.80. The highest BCUT2D eigenvalue weighted by Crippen LogP contribution is 2.47. The summed E-state index contributed by atoms with van der Waals surface area (Å²) < 4.78 is 37.1. The van der Waals surface area contributed by atoms with Gasteiger partial charge < -0.3 is 5.11 Å². The summed E-state index contributed by atoms with van der Waals surface area (Å²) in [6, 6.07) is 5.36. The number of hydrogen-bond acceptors (Lipinski definition) is 1. The minimum Gasteiger partial charge on any atom is -0.396 e. The van der Waals surface area contributed by atoms with Gasteiger partial charge in [0, 0.05) is 6.61 Å². The van der Waals surface area contributed by atoms with Gasteiger partial charge in [-0.05, 0) is 29.9 Å². The zero-order valence-corrected chi connectivity index (χ0v) is 7.96. The van der Waals surface area contributed by atoms with Crippen molar-refractivity contribution in [2.45, 2.75) is 18.5 Å². The maximum absolute atomic E-state index is 12.4. The summed E-state index contributed by atoms with van der Waals surface area (Å²) in [4.78, 5) is 0. The van der Waals surface area contributed by atoms with Gasteiger partial charge in [0.05, 0.1) is 5.56 Å². The highest BCUT2D eigenvalue weighted by atomic mass is 19.4. The van der Waals surface area contributed by atoms with Gasteiger partial charge in [-0.15, -0.1) is 0 Å². The fraction of sp³-hybridized carbons (Fsp3) is 0.455. The smallest absolute Gasteiger partial charge is 0.396 e. The van der Waals surface area contributed by atoms with Gasteiger partial charge in [-0.3, -0.25) is 0 Å². The van der Waals surface area contributed by atoms with Crippen molar-refractivity contribution >= 4 is 0 Å². The predicted molar refractivity (Wildman–Crippen MR) is 49.4 cm³/mol. The Morgan fingerprint density at radius 2 is 2.07 bits per heavy atom. The molecule has 1 nitrogen and oxygen atoms in total. The molecule has 1 aromatic rings. The molecule has 0 saturated heterocycles. The number of aliphatic hydroxyl groups is 1. The van der Waals surface area contributed by atoms with Crippen LogP contribution in [0, 0.1) is 5.92 Å². The molecule has 0 heterocycles. The molecule has 1 fully saturated rings. The summed E-state index contributed by atoms with van der Waals surface area (Å²) in [5, 5.41) is 8.84. The Labute approximate surface area is 85.5 Å². The summed E-state index contributed by atoms with van der Waals surface area (Å²) in [6.07, 6.45) is -3.49. The average Bonchev–Trinajstić information content (AvgIpc) is 2.95. The Hall–Kier alpha value is -1.03. The summed E-state index contributed by atoms with van der Waals surface area (Å²) in [5.41, 5.74) is 0.0764. The van der Waals surface area contributed by atoms with Crippen LogP contribution in [0.2, 0.25) is 0 Å². The van der Waals surface area contributed by atoms with E-state index in [4.69, 9.17) is 5.11 Å². The molecular formula is C11H11F3O. The molecular weight excluding hydrogens is 205 g/mol. The lowest BCUT2D eigenvalue weighted by Gasteiger charge is -2.08. The minimum atomic E-state index is -4.28. The number of aliphatic hydroxyl groups excluding tert-OH is 1. The molecule has 1 N–H and O–H groups in total.